The average molecular weight is 284 g/mol. The van der Waals surface area contributed by atoms with E-state index in [0.29, 0.717) is 11.7 Å². The fourth-order valence-electron chi connectivity index (χ4n) is 3.54. The van der Waals surface area contributed by atoms with Crippen molar-refractivity contribution >= 4 is 11.4 Å². The van der Waals surface area contributed by atoms with Gasteiger partial charge >= 0.3 is 0 Å². The van der Waals surface area contributed by atoms with Crippen molar-refractivity contribution in [1.29, 1.82) is 0 Å². The minimum Gasteiger partial charge on any atom is -0.299 e. The van der Waals surface area contributed by atoms with Gasteiger partial charge in [-0.15, -0.1) is 0 Å². The first-order chi connectivity index (χ1) is 10.2. The molecule has 0 N–H and O–H groups in total. The highest BCUT2D eigenvalue weighted by molar-refractivity contribution is 5.94. The Balaban J connectivity index is 1.92. The second kappa shape index (κ2) is 8.17. The molecule has 0 aliphatic heterocycles. The van der Waals surface area contributed by atoms with Gasteiger partial charge < -0.3 is 0 Å². The molecule has 1 aliphatic carbocycles. The van der Waals surface area contributed by atoms with E-state index in [4.69, 9.17) is 0 Å². The third-order valence-corrected chi connectivity index (χ3v) is 4.78. The number of benzene rings is 1. The van der Waals surface area contributed by atoms with Gasteiger partial charge in [0.1, 0.15) is 5.78 Å². The number of carbonyl (C=O) groups is 1. The van der Waals surface area contributed by atoms with Gasteiger partial charge in [-0.3, -0.25) is 4.79 Å². The van der Waals surface area contributed by atoms with Gasteiger partial charge in [0.05, 0.1) is 0 Å². The van der Waals surface area contributed by atoms with Gasteiger partial charge in [0.15, 0.2) is 0 Å². The second-order valence-corrected chi connectivity index (χ2v) is 6.34. The molecule has 1 aliphatic rings. The van der Waals surface area contributed by atoms with E-state index in [1.54, 1.807) is 0 Å². The molecule has 0 heterocycles. The first kappa shape index (κ1) is 16.0. The predicted octanol–water partition coefficient (Wildman–Crippen LogP) is 5.66. The Hall–Kier alpha value is -1.37. The van der Waals surface area contributed by atoms with Crippen LogP contribution in [0.3, 0.4) is 0 Å². The lowest BCUT2D eigenvalue weighted by atomic mass is 9.82. The molecule has 0 aromatic heterocycles. The average Bonchev–Trinajstić information content (AvgIpc) is 2.88. The van der Waals surface area contributed by atoms with Crippen LogP contribution < -0.4 is 0 Å². The van der Waals surface area contributed by atoms with Crippen molar-refractivity contribution in [2.45, 2.75) is 58.3 Å². The molecule has 1 saturated carbocycles. The van der Waals surface area contributed by atoms with Gasteiger partial charge in [0.25, 0.3) is 0 Å². The Labute approximate surface area is 129 Å². The second-order valence-electron chi connectivity index (χ2n) is 6.34. The third-order valence-electron chi connectivity index (χ3n) is 4.78. The Bertz CT molecular complexity index is 460. The zero-order valence-corrected chi connectivity index (χ0v) is 13.3. The number of carbonyl (C=O) groups excluding carboxylic acids is 1. The summed E-state index contributed by atoms with van der Waals surface area (Å²) < 4.78 is 0. The van der Waals surface area contributed by atoms with Crippen molar-refractivity contribution in [3.05, 3.63) is 42.5 Å². The van der Waals surface area contributed by atoms with Crippen molar-refractivity contribution in [3.63, 3.8) is 0 Å². The molecule has 0 spiro atoms. The van der Waals surface area contributed by atoms with Crippen molar-refractivity contribution in [2.24, 2.45) is 11.8 Å². The van der Waals surface area contributed by atoms with Crippen LogP contribution in [0.2, 0.25) is 0 Å². The van der Waals surface area contributed by atoms with E-state index in [1.807, 2.05) is 18.2 Å². The molecule has 1 aromatic carbocycles. The van der Waals surface area contributed by atoms with Gasteiger partial charge in [-0.1, -0.05) is 75.9 Å². The molecule has 2 rings (SSSR count). The maximum Gasteiger partial charge on any atom is 0.140 e. The van der Waals surface area contributed by atoms with Gasteiger partial charge in [-0.2, -0.15) is 0 Å². The number of ketones is 1. The first-order valence-corrected chi connectivity index (χ1v) is 8.51. The standard InChI is InChI=1S/C20H28O/c1-3-4-5-6-8-13-18-14-15-19(21)20(18)16(2)17-11-9-7-10-12-17/h7,9-12,18,20H,2-6,8,13-15H2,1H3/t18-,20-/m1/s1. The molecule has 114 valence electrons. The first-order valence-electron chi connectivity index (χ1n) is 8.51. The van der Waals surface area contributed by atoms with Crippen LogP contribution >= 0.6 is 0 Å². The number of Topliss-reactive ketones (excluding diaryl/α,β-unsaturated/α-hetero) is 1. The van der Waals surface area contributed by atoms with E-state index in [1.165, 1.54) is 38.5 Å². The zero-order valence-electron chi connectivity index (χ0n) is 13.3. The third kappa shape index (κ3) is 4.30. The highest BCUT2D eigenvalue weighted by Crippen LogP contribution is 2.40. The molecule has 21 heavy (non-hydrogen) atoms. The molecule has 2 atom stereocenters. The van der Waals surface area contributed by atoms with Crippen molar-refractivity contribution in [3.8, 4) is 0 Å². The van der Waals surface area contributed by atoms with E-state index in [9.17, 15) is 4.79 Å². The number of unbranched alkanes of at least 4 members (excludes halogenated alkanes) is 4. The predicted molar refractivity (Wildman–Crippen MR) is 90.1 cm³/mol. The van der Waals surface area contributed by atoms with E-state index >= 15 is 0 Å². The summed E-state index contributed by atoms with van der Waals surface area (Å²) in [6, 6.07) is 10.2. The highest BCUT2D eigenvalue weighted by atomic mass is 16.1. The summed E-state index contributed by atoms with van der Waals surface area (Å²) in [4.78, 5) is 12.3. The quantitative estimate of drug-likeness (QED) is 0.563. The molecular weight excluding hydrogens is 256 g/mol. The number of rotatable bonds is 8. The summed E-state index contributed by atoms with van der Waals surface area (Å²) in [5.74, 6) is 0.993. The molecule has 1 aromatic rings. The number of allylic oxidation sites excluding steroid dienone is 1. The molecule has 1 heteroatoms. The van der Waals surface area contributed by atoms with Crippen LogP contribution in [0.4, 0.5) is 0 Å². The summed E-state index contributed by atoms with van der Waals surface area (Å²) in [5, 5.41) is 0. The Kier molecular flexibility index (Phi) is 6.22. The fourth-order valence-corrected chi connectivity index (χ4v) is 3.54. The summed E-state index contributed by atoms with van der Waals surface area (Å²) >= 11 is 0. The maximum atomic E-state index is 12.3. The maximum absolute atomic E-state index is 12.3. The number of hydrogen-bond acceptors (Lipinski definition) is 1. The minimum absolute atomic E-state index is 0.0681. The molecule has 0 amide bonds. The van der Waals surface area contributed by atoms with Gasteiger partial charge in [-0.05, 0) is 29.9 Å². The number of hydrogen-bond donors (Lipinski definition) is 0. The highest BCUT2D eigenvalue weighted by Gasteiger charge is 2.36. The van der Waals surface area contributed by atoms with Crippen molar-refractivity contribution in [1.82, 2.24) is 0 Å². The molecule has 1 fully saturated rings. The van der Waals surface area contributed by atoms with Gasteiger partial charge in [0, 0.05) is 12.3 Å². The Morgan fingerprint density at radius 1 is 1.14 bits per heavy atom. The normalized spacial score (nSPS) is 21.7. The van der Waals surface area contributed by atoms with Crippen molar-refractivity contribution < 1.29 is 4.79 Å². The molecule has 0 radical (unpaired) electrons. The van der Waals surface area contributed by atoms with Crippen LogP contribution in [0, 0.1) is 11.8 Å². The van der Waals surface area contributed by atoms with Crippen LogP contribution in [-0.2, 0) is 4.79 Å². The van der Waals surface area contributed by atoms with Gasteiger partial charge in [-0.25, -0.2) is 0 Å². The van der Waals surface area contributed by atoms with Crippen LogP contribution in [0.1, 0.15) is 63.9 Å². The summed E-state index contributed by atoms with van der Waals surface area (Å²) in [6.07, 6.45) is 9.52. The summed E-state index contributed by atoms with van der Waals surface area (Å²) in [7, 11) is 0. The monoisotopic (exact) mass is 284 g/mol. The van der Waals surface area contributed by atoms with Crippen LogP contribution in [0.25, 0.3) is 5.57 Å². The lowest BCUT2D eigenvalue weighted by Crippen LogP contribution is -2.16. The van der Waals surface area contributed by atoms with Crippen LogP contribution in [-0.4, -0.2) is 5.78 Å². The smallest absolute Gasteiger partial charge is 0.140 e. The van der Waals surface area contributed by atoms with Crippen molar-refractivity contribution in [2.75, 3.05) is 0 Å². The van der Waals surface area contributed by atoms with Crippen LogP contribution in [0.5, 0.6) is 0 Å². The summed E-state index contributed by atoms with van der Waals surface area (Å²) in [6.45, 7) is 6.49. The van der Waals surface area contributed by atoms with Crippen LogP contribution in [0.15, 0.2) is 36.9 Å². The molecule has 0 saturated heterocycles. The topological polar surface area (TPSA) is 17.1 Å². The Morgan fingerprint density at radius 3 is 2.57 bits per heavy atom. The molecule has 0 bridgehead atoms. The minimum atomic E-state index is 0.0681. The summed E-state index contributed by atoms with van der Waals surface area (Å²) in [5.41, 5.74) is 2.17. The Morgan fingerprint density at radius 2 is 1.86 bits per heavy atom. The molecular formula is C20H28O. The van der Waals surface area contributed by atoms with E-state index < -0.39 is 0 Å². The lowest BCUT2D eigenvalue weighted by Gasteiger charge is -2.21. The zero-order chi connectivity index (χ0) is 15.1. The SMILES string of the molecule is C=C(c1ccccc1)[C@H]1C(=O)CC[C@H]1CCCCCCC. The largest absolute Gasteiger partial charge is 0.299 e. The fraction of sp³-hybridized carbons (Fsp3) is 0.550. The molecule has 0 unspecified atom stereocenters. The van der Waals surface area contributed by atoms with E-state index in [0.717, 1.165) is 24.0 Å². The van der Waals surface area contributed by atoms with E-state index in [-0.39, 0.29) is 5.92 Å². The van der Waals surface area contributed by atoms with Gasteiger partial charge in [0.2, 0.25) is 0 Å². The molecule has 1 nitrogen and oxygen atoms in total. The van der Waals surface area contributed by atoms with E-state index in [2.05, 4.69) is 25.6 Å². The lowest BCUT2D eigenvalue weighted by molar-refractivity contribution is -0.119.